The molecule has 0 atom stereocenters. The molecule has 1 aromatic carbocycles. The molecular formula is C23H28N4O3S2. The number of thiazole rings is 1. The number of carbonyl (C=O) groups is 1. The molecule has 9 heteroatoms. The molecule has 0 bridgehead atoms. The number of carbonyl (C=O) groups excluding carboxylic acids is 1. The molecule has 1 amide bonds. The Balaban J connectivity index is 1.54. The first-order valence-corrected chi connectivity index (χ1v) is 13.5. The highest BCUT2D eigenvalue weighted by molar-refractivity contribution is 7.89. The highest BCUT2D eigenvalue weighted by atomic mass is 32.2. The van der Waals surface area contributed by atoms with Gasteiger partial charge in [0.15, 0.2) is 0 Å². The maximum absolute atomic E-state index is 13.5. The predicted octanol–water partition coefficient (Wildman–Crippen LogP) is 3.93. The molecule has 32 heavy (non-hydrogen) atoms. The SMILES string of the molecule is CCCCS(=O)(=O)N1CCC(N(Cc2cscn2)C(=O)c2cc3ccccc3cn2)CC1. The van der Waals surface area contributed by atoms with Crippen LogP contribution in [0.15, 0.2) is 47.4 Å². The Labute approximate surface area is 193 Å². The Bertz CT molecular complexity index is 1160. The van der Waals surface area contributed by atoms with E-state index in [9.17, 15) is 13.2 Å². The van der Waals surface area contributed by atoms with Gasteiger partial charge in [0, 0.05) is 36.1 Å². The normalized spacial score (nSPS) is 15.8. The summed E-state index contributed by atoms with van der Waals surface area (Å²) in [5.74, 6) is 0.0486. The number of hydrogen-bond donors (Lipinski definition) is 0. The summed E-state index contributed by atoms with van der Waals surface area (Å²) in [6, 6.07) is 9.60. The van der Waals surface area contributed by atoms with Gasteiger partial charge in [0.1, 0.15) is 5.69 Å². The molecule has 1 aliphatic heterocycles. The van der Waals surface area contributed by atoms with Crippen LogP contribution >= 0.6 is 11.3 Å². The number of benzene rings is 1. The molecule has 0 aliphatic carbocycles. The molecule has 1 aliphatic rings. The Kier molecular flexibility index (Phi) is 7.17. The number of amides is 1. The molecule has 0 radical (unpaired) electrons. The quantitative estimate of drug-likeness (QED) is 0.496. The van der Waals surface area contributed by atoms with E-state index in [2.05, 4.69) is 9.97 Å². The Morgan fingerprint density at radius 2 is 1.94 bits per heavy atom. The second-order valence-corrected chi connectivity index (χ2v) is 10.9. The van der Waals surface area contributed by atoms with Gasteiger partial charge in [-0.05, 0) is 30.7 Å². The first kappa shape index (κ1) is 22.8. The molecule has 170 valence electrons. The van der Waals surface area contributed by atoms with Crippen molar-refractivity contribution in [2.45, 2.75) is 45.2 Å². The van der Waals surface area contributed by atoms with Crippen molar-refractivity contribution in [1.29, 1.82) is 0 Å². The van der Waals surface area contributed by atoms with Crippen molar-refractivity contribution in [1.82, 2.24) is 19.2 Å². The molecule has 7 nitrogen and oxygen atoms in total. The average Bonchev–Trinajstić information content (AvgIpc) is 3.34. The molecule has 1 fully saturated rings. The molecule has 1 saturated heterocycles. The fourth-order valence-corrected chi connectivity index (χ4v) is 6.32. The van der Waals surface area contributed by atoms with E-state index in [1.807, 2.05) is 47.5 Å². The minimum Gasteiger partial charge on any atom is -0.328 e. The highest BCUT2D eigenvalue weighted by Crippen LogP contribution is 2.24. The molecule has 2 aromatic heterocycles. The topological polar surface area (TPSA) is 83.5 Å². The van der Waals surface area contributed by atoms with Gasteiger partial charge in [0.2, 0.25) is 10.0 Å². The lowest BCUT2D eigenvalue weighted by molar-refractivity contribution is 0.0588. The summed E-state index contributed by atoms with van der Waals surface area (Å²) in [5.41, 5.74) is 2.99. The Hall–Kier alpha value is -2.36. The molecular weight excluding hydrogens is 444 g/mol. The van der Waals surface area contributed by atoms with Crippen LogP contribution in [0.1, 0.15) is 48.8 Å². The van der Waals surface area contributed by atoms with Crippen LogP contribution in [0.3, 0.4) is 0 Å². The Morgan fingerprint density at radius 1 is 1.19 bits per heavy atom. The van der Waals surface area contributed by atoms with E-state index in [0.29, 0.717) is 44.6 Å². The lowest BCUT2D eigenvalue weighted by atomic mass is 10.0. The average molecular weight is 473 g/mol. The first-order chi connectivity index (χ1) is 15.5. The second-order valence-electron chi connectivity index (χ2n) is 8.13. The molecule has 3 heterocycles. The van der Waals surface area contributed by atoms with E-state index in [0.717, 1.165) is 22.9 Å². The van der Waals surface area contributed by atoms with E-state index in [-0.39, 0.29) is 17.7 Å². The summed E-state index contributed by atoms with van der Waals surface area (Å²) in [7, 11) is -3.23. The zero-order valence-corrected chi connectivity index (χ0v) is 19.8. The number of rotatable bonds is 8. The molecule has 3 aromatic rings. The first-order valence-electron chi connectivity index (χ1n) is 11.0. The van der Waals surface area contributed by atoms with E-state index in [1.54, 1.807) is 16.0 Å². The van der Waals surface area contributed by atoms with Gasteiger partial charge in [-0.2, -0.15) is 0 Å². The smallest absolute Gasteiger partial charge is 0.273 e. The number of nitrogens with zero attached hydrogens (tertiary/aromatic N) is 4. The zero-order chi connectivity index (χ0) is 22.6. The van der Waals surface area contributed by atoms with Crippen molar-refractivity contribution in [3.05, 3.63) is 58.8 Å². The number of fused-ring (bicyclic) bond motifs is 1. The summed E-state index contributed by atoms with van der Waals surface area (Å²) in [6.07, 6.45) is 4.46. The van der Waals surface area contributed by atoms with Crippen molar-refractivity contribution >= 4 is 38.0 Å². The lowest BCUT2D eigenvalue weighted by Crippen LogP contribution is -2.49. The maximum Gasteiger partial charge on any atom is 0.273 e. The number of sulfonamides is 1. The van der Waals surface area contributed by atoms with Gasteiger partial charge in [0.25, 0.3) is 5.91 Å². The second kappa shape index (κ2) is 10.1. The number of piperidine rings is 1. The van der Waals surface area contributed by atoms with Crippen LogP contribution in [0.2, 0.25) is 0 Å². The van der Waals surface area contributed by atoms with Crippen LogP contribution in [0.5, 0.6) is 0 Å². The van der Waals surface area contributed by atoms with Crippen LogP contribution in [-0.2, 0) is 16.6 Å². The summed E-state index contributed by atoms with van der Waals surface area (Å²) < 4.78 is 26.8. The van der Waals surface area contributed by atoms with Crippen LogP contribution in [0.25, 0.3) is 10.8 Å². The van der Waals surface area contributed by atoms with Crippen molar-refractivity contribution in [2.24, 2.45) is 0 Å². The minimum absolute atomic E-state index is 0.0601. The fourth-order valence-electron chi connectivity index (χ4n) is 4.09. The van der Waals surface area contributed by atoms with Crippen molar-refractivity contribution in [3.63, 3.8) is 0 Å². The number of aromatic nitrogens is 2. The highest BCUT2D eigenvalue weighted by Gasteiger charge is 2.33. The van der Waals surface area contributed by atoms with Gasteiger partial charge >= 0.3 is 0 Å². The van der Waals surface area contributed by atoms with Gasteiger partial charge < -0.3 is 4.90 Å². The summed E-state index contributed by atoms with van der Waals surface area (Å²) in [5, 5.41) is 3.90. The van der Waals surface area contributed by atoms with Gasteiger partial charge in [-0.1, -0.05) is 37.6 Å². The molecule has 0 spiro atoms. The van der Waals surface area contributed by atoms with Crippen molar-refractivity contribution in [2.75, 3.05) is 18.8 Å². The van der Waals surface area contributed by atoms with Crippen molar-refractivity contribution < 1.29 is 13.2 Å². The number of pyridine rings is 1. The standard InChI is InChI=1S/C23H28N4O3S2/c1-2-3-12-32(29,30)26-10-8-21(9-11-26)27(15-20-16-31-17-25-20)23(28)22-13-18-6-4-5-7-19(18)14-24-22/h4-7,13-14,16-17,21H,2-3,8-12,15H2,1H3. The van der Waals surface area contributed by atoms with Gasteiger partial charge in [0.05, 0.1) is 23.5 Å². The Morgan fingerprint density at radius 3 is 2.62 bits per heavy atom. The van der Waals surface area contributed by atoms with Gasteiger partial charge in [-0.25, -0.2) is 17.7 Å². The number of hydrogen-bond acceptors (Lipinski definition) is 6. The van der Waals surface area contributed by atoms with Crippen LogP contribution < -0.4 is 0 Å². The van der Waals surface area contributed by atoms with Crippen molar-refractivity contribution in [3.8, 4) is 0 Å². The fraction of sp³-hybridized carbons (Fsp3) is 0.435. The molecule has 0 saturated carbocycles. The zero-order valence-electron chi connectivity index (χ0n) is 18.2. The summed E-state index contributed by atoms with van der Waals surface area (Å²) >= 11 is 1.50. The van der Waals surface area contributed by atoms with Gasteiger partial charge in [-0.15, -0.1) is 11.3 Å². The third-order valence-corrected chi connectivity index (χ3v) is 8.53. The minimum atomic E-state index is -3.23. The summed E-state index contributed by atoms with van der Waals surface area (Å²) in [6.45, 7) is 3.25. The lowest BCUT2D eigenvalue weighted by Gasteiger charge is -2.37. The predicted molar refractivity (Wildman–Crippen MR) is 127 cm³/mol. The third-order valence-electron chi connectivity index (χ3n) is 5.94. The maximum atomic E-state index is 13.5. The van der Waals surface area contributed by atoms with Crippen LogP contribution in [0.4, 0.5) is 0 Å². The van der Waals surface area contributed by atoms with E-state index >= 15 is 0 Å². The van der Waals surface area contributed by atoms with E-state index in [4.69, 9.17) is 0 Å². The number of unbranched alkanes of at least 4 members (excludes halogenated alkanes) is 1. The largest absolute Gasteiger partial charge is 0.328 e. The van der Waals surface area contributed by atoms with Gasteiger partial charge in [-0.3, -0.25) is 9.78 Å². The molecule has 0 N–H and O–H groups in total. The van der Waals surface area contributed by atoms with E-state index in [1.165, 1.54) is 11.3 Å². The molecule has 0 unspecified atom stereocenters. The third kappa shape index (κ3) is 5.16. The molecule has 4 rings (SSSR count). The monoisotopic (exact) mass is 472 g/mol. The van der Waals surface area contributed by atoms with Crippen LogP contribution in [-0.4, -0.2) is 58.4 Å². The van der Waals surface area contributed by atoms with Crippen LogP contribution in [0, 0.1) is 0 Å². The van der Waals surface area contributed by atoms with E-state index < -0.39 is 10.0 Å². The summed E-state index contributed by atoms with van der Waals surface area (Å²) in [4.78, 5) is 24.1.